The summed E-state index contributed by atoms with van der Waals surface area (Å²) in [6, 6.07) is 30.5. The Bertz CT molecular complexity index is 1280. The molecule has 0 fully saturated rings. The number of ether oxygens (including phenoxy) is 1. The molecule has 0 spiro atoms. The van der Waals surface area contributed by atoms with E-state index >= 15 is 0 Å². The van der Waals surface area contributed by atoms with Crippen LogP contribution in [0.15, 0.2) is 114 Å². The number of hydrogen-bond donors (Lipinski definition) is 2. The largest absolute Gasteiger partial charge is 0.459 e. The molecule has 0 unspecified atom stereocenters. The zero-order valence-electron chi connectivity index (χ0n) is 20.2. The molecule has 2 N–H and O–H groups in total. The van der Waals surface area contributed by atoms with E-state index in [9.17, 15) is 14.4 Å². The zero-order valence-corrected chi connectivity index (χ0v) is 20.2. The molecule has 1 aromatic heterocycles. The number of esters is 1. The standard InChI is InChI=1S/C30H28N2O5/c33-28(31-25(24-15-8-3-9-16-24)19-22-11-4-1-5-12-22)21-37-30(35)26(20-23-13-6-2-7-14-23)32-29(34)27-17-10-18-36-27/h1-18,25-26H,19-21H2,(H,31,33)(H,32,34)/t25-,26+/m0/s1. The van der Waals surface area contributed by atoms with E-state index in [-0.39, 0.29) is 18.2 Å². The molecule has 2 amide bonds. The van der Waals surface area contributed by atoms with Crippen LogP contribution in [0.4, 0.5) is 0 Å². The Morgan fingerprint density at radius 1 is 0.703 bits per heavy atom. The predicted molar refractivity (Wildman–Crippen MR) is 139 cm³/mol. The Balaban J connectivity index is 1.40. The van der Waals surface area contributed by atoms with Crippen molar-refractivity contribution in [2.45, 2.75) is 24.9 Å². The molecule has 0 saturated heterocycles. The van der Waals surface area contributed by atoms with Crippen molar-refractivity contribution >= 4 is 17.8 Å². The van der Waals surface area contributed by atoms with Gasteiger partial charge in [-0.1, -0.05) is 91.0 Å². The molecule has 0 aliphatic carbocycles. The van der Waals surface area contributed by atoms with Crippen molar-refractivity contribution in [3.05, 3.63) is 132 Å². The highest BCUT2D eigenvalue weighted by Crippen LogP contribution is 2.18. The molecule has 188 valence electrons. The van der Waals surface area contributed by atoms with Gasteiger partial charge >= 0.3 is 5.97 Å². The molecule has 0 saturated carbocycles. The molecule has 37 heavy (non-hydrogen) atoms. The number of benzene rings is 3. The van der Waals surface area contributed by atoms with Crippen molar-refractivity contribution in [3.63, 3.8) is 0 Å². The van der Waals surface area contributed by atoms with E-state index in [0.29, 0.717) is 6.42 Å². The topological polar surface area (TPSA) is 97.6 Å². The van der Waals surface area contributed by atoms with E-state index in [1.54, 1.807) is 6.07 Å². The molecule has 0 aliphatic rings. The quantitative estimate of drug-likeness (QED) is 0.302. The molecule has 1 heterocycles. The first-order chi connectivity index (χ1) is 18.1. The van der Waals surface area contributed by atoms with E-state index in [2.05, 4.69) is 10.6 Å². The Kier molecular flexibility index (Phi) is 8.86. The lowest BCUT2D eigenvalue weighted by atomic mass is 9.99. The summed E-state index contributed by atoms with van der Waals surface area (Å²) in [5, 5.41) is 5.62. The maximum absolute atomic E-state index is 13.0. The van der Waals surface area contributed by atoms with E-state index in [1.807, 2.05) is 91.0 Å². The Labute approximate surface area is 215 Å². The number of nitrogens with one attached hydrogen (secondary N) is 2. The van der Waals surface area contributed by atoms with Gasteiger partial charge in [0, 0.05) is 6.42 Å². The van der Waals surface area contributed by atoms with Gasteiger partial charge in [-0.2, -0.15) is 0 Å². The summed E-state index contributed by atoms with van der Waals surface area (Å²) in [6.45, 7) is -0.473. The minimum Gasteiger partial charge on any atom is -0.459 e. The van der Waals surface area contributed by atoms with Crippen molar-refractivity contribution < 1.29 is 23.5 Å². The average Bonchev–Trinajstić information content (AvgIpc) is 3.48. The normalized spacial score (nSPS) is 12.2. The maximum Gasteiger partial charge on any atom is 0.329 e. The third kappa shape index (κ3) is 7.67. The minimum atomic E-state index is -0.998. The fourth-order valence-electron chi connectivity index (χ4n) is 3.94. The van der Waals surface area contributed by atoms with Gasteiger partial charge in [0.1, 0.15) is 6.04 Å². The number of hydrogen-bond acceptors (Lipinski definition) is 5. The van der Waals surface area contributed by atoms with Crippen LogP contribution >= 0.6 is 0 Å². The van der Waals surface area contributed by atoms with Gasteiger partial charge in [0.15, 0.2) is 12.4 Å². The highest BCUT2D eigenvalue weighted by molar-refractivity contribution is 5.94. The second-order valence-electron chi connectivity index (χ2n) is 8.52. The van der Waals surface area contributed by atoms with Gasteiger partial charge < -0.3 is 19.8 Å². The van der Waals surface area contributed by atoms with Gasteiger partial charge in [0.2, 0.25) is 0 Å². The Morgan fingerprint density at radius 3 is 1.89 bits per heavy atom. The molecule has 0 aliphatic heterocycles. The van der Waals surface area contributed by atoms with E-state index in [0.717, 1.165) is 16.7 Å². The van der Waals surface area contributed by atoms with Crippen LogP contribution in [-0.4, -0.2) is 30.4 Å². The molecular weight excluding hydrogens is 468 g/mol. The molecule has 0 radical (unpaired) electrons. The van der Waals surface area contributed by atoms with Crippen molar-refractivity contribution in [1.82, 2.24) is 10.6 Å². The number of carbonyl (C=O) groups excluding carboxylic acids is 3. The minimum absolute atomic E-state index is 0.0789. The van der Waals surface area contributed by atoms with E-state index in [1.165, 1.54) is 12.3 Å². The summed E-state index contributed by atoms with van der Waals surface area (Å²) >= 11 is 0. The number of amides is 2. The predicted octanol–water partition coefficient (Wildman–Crippen LogP) is 4.26. The molecular formula is C30H28N2O5. The maximum atomic E-state index is 13.0. The van der Waals surface area contributed by atoms with Crippen LogP contribution < -0.4 is 10.6 Å². The van der Waals surface area contributed by atoms with Crippen molar-refractivity contribution in [2.24, 2.45) is 0 Å². The second kappa shape index (κ2) is 12.9. The van der Waals surface area contributed by atoms with Crippen LogP contribution in [0.2, 0.25) is 0 Å². The van der Waals surface area contributed by atoms with Crippen molar-refractivity contribution in [2.75, 3.05) is 6.61 Å². The third-order valence-corrected chi connectivity index (χ3v) is 5.78. The third-order valence-electron chi connectivity index (χ3n) is 5.78. The summed E-state index contributed by atoms with van der Waals surface area (Å²) in [6.07, 6.45) is 2.16. The van der Waals surface area contributed by atoms with Crippen LogP contribution in [0.1, 0.15) is 33.3 Å². The van der Waals surface area contributed by atoms with Crippen LogP contribution in [0.25, 0.3) is 0 Å². The molecule has 3 aromatic carbocycles. The Hall–Kier alpha value is -4.65. The summed E-state index contributed by atoms with van der Waals surface area (Å²) in [5.74, 6) is -1.61. The molecule has 4 rings (SSSR count). The molecule has 4 aromatic rings. The van der Waals surface area contributed by atoms with Gasteiger partial charge in [-0.15, -0.1) is 0 Å². The van der Waals surface area contributed by atoms with Crippen LogP contribution in [0.5, 0.6) is 0 Å². The van der Waals surface area contributed by atoms with Gasteiger partial charge in [0.25, 0.3) is 11.8 Å². The lowest BCUT2D eigenvalue weighted by Gasteiger charge is -2.21. The molecule has 0 bridgehead atoms. The highest BCUT2D eigenvalue weighted by atomic mass is 16.5. The number of rotatable bonds is 11. The van der Waals surface area contributed by atoms with Gasteiger partial charge in [0.05, 0.1) is 12.3 Å². The van der Waals surface area contributed by atoms with Crippen LogP contribution in [-0.2, 0) is 27.2 Å². The summed E-state index contributed by atoms with van der Waals surface area (Å²) < 4.78 is 10.5. The highest BCUT2D eigenvalue weighted by Gasteiger charge is 2.25. The lowest BCUT2D eigenvalue weighted by Crippen LogP contribution is -2.44. The number of furan rings is 1. The van der Waals surface area contributed by atoms with E-state index in [4.69, 9.17) is 9.15 Å². The van der Waals surface area contributed by atoms with Crippen molar-refractivity contribution in [1.29, 1.82) is 0 Å². The SMILES string of the molecule is O=C(COC(=O)[C@@H](Cc1ccccc1)NC(=O)c1ccco1)N[C@@H](Cc1ccccc1)c1ccccc1. The average molecular weight is 497 g/mol. The molecule has 7 heteroatoms. The fourth-order valence-corrected chi connectivity index (χ4v) is 3.94. The van der Waals surface area contributed by atoms with E-state index < -0.39 is 30.4 Å². The van der Waals surface area contributed by atoms with Gasteiger partial charge in [-0.3, -0.25) is 9.59 Å². The Morgan fingerprint density at radius 2 is 1.30 bits per heavy atom. The van der Waals surface area contributed by atoms with Crippen molar-refractivity contribution in [3.8, 4) is 0 Å². The summed E-state index contributed by atoms with van der Waals surface area (Å²) in [5.41, 5.74) is 2.84. The monoisotopic (exact) mass is 496 g/mol. The first-order valence-electron chi connectivity index (χ1n) is 12.0. The summed E-state index contributed by atoms with van der Waals surface area (Å²) in [7, 11) is 0. The molecule has 7 nitrogen and oxygen atoms in total. The summed E-state index contributed by atoms with van der Waals surface area (Å²) in [4.78, 5) is 38.3. The fraction of sp³-hybridized carbons (Fsp3) is 0.167. The smallest absolute Gasteiger partial charge is 0.329 e. The number of carbonyl (C=O) groups is 3. The van der Waals surface area contributed by atoms with Gasteiger partial charge in [-0.05, 0) is 35.2 Å². The van der Waals surface area contributed by atoms with Gasteiger partial charge in [-0.25, -0.2) is 4.79 Å². The lowest BCUT2D eigenvalue weighted by molar-refractivity contribution is -0.150. The first kappa shape index (κ1) is 25.4. The first-order valence-corrected chi connectivity index (χ1v) is 12.0. The second-order valence-corrected chi connectivity index (χ2v) is 8.52. The molecule has 2 atom stereocenters. The zero-order chi connectivity index (χ0) is 25.9. The van der Waals surface area contributed by atoms with Crippen LogP contribution in [0, 0.1) is 0 Å². The van der Waals surface area contributed by atoms with Crippen LogP contribution in [0.3, 0.4) is 0 Å².